The Morgan fingerprint density at radius 2 is 2.03 bits per heavy atom. The molecule has 0 atom stereocenters. The summed E-state index contributed by atoms with van der Waals surface area (Å²) in [5, 5.41) is 12.2. The van der Waals surface area contributed by atoms with Gasteiger partial charge in [-0.1, -0.05) is 18.6 Å². The standard InChI is InChI=1S/C25H29FN4O2S2/c1-4-32-24(31)21-19-11-6-5-7-12-20(19)34-23(21)28-25(33)27-22-15(2)29-30(16(22)3)14-17-9-8-10-18(26)13-17/h8-10,13H,4-7,11-12,14H2,1-3H3,(H2,27,28,33). The zero-order chi connectivity index (χ0) is 24.2. The van der Waals surface area contributed by atoms with Crippen LogP contribution in [0.2, 0.25) is 0 Å². The van der Waals surface area contributed by atoms with E-state index in [1.54, 1.807) is 17.4 Å². The van der Waals surface area contributed by atoms with Crippen LogP contribution in [0.25, 0.3) is 0 Å². The highest BCUT2D eigenvalue weighted by molar-refractivity contribution is 7.80. The topological polar surface area (TPSA) is 68.2 Å². The molecular weight excluding hydrogens is 471 g/mol. The molecule has 2 N–H and O–H groups in total. The van der Waals surface area contributed by atoms with Crippen LogP contribution in [0.1, 0.15) is 63.9 Å². The fraction of sp³-hybridized carbons (Fsp3) is 0.400. The minimum atomic E-state index is -0.303. The summed E-state index contributed by atoms with van der Waals surface area (Å²) >= 11 is 7.21. The van der Waals surface area contributed by atoms with Gasteiger partial charge in [0.05, 0.1) is 35.8 Å². The average molecular weight is 501 g/mol. The lowest BCUT2D eigenvalue weighted by Gasteiger charge is -2.12. The lowest BCUT2D eigenvalue weighted by atomic mass is 10.1. The number of thiophene rings is 1. The number of nitrogens with one attached hydrogen (secondary N) is 2. The van der Waals surface area contributed by atoms with Gasteiger partial charge in [-0.2, -0.15) is 5.10 Å². The Morgan fingerprint density at radius 3 is 2.79 bits per heavy atom. The van der Waals surface area contributed by atoms with Gasteiger partial charge in [0, 0.05) is 4.88 Å². The maximum atomic E-state index is 13.6. The molecule has 6 nitrogen and oxygen atoms in total. The van der Waals surface area contributed by atoms with Crippen LogP contribution in [0.5, 0.6) is 0 Å². The van der Waals surface area contributed by atoms with Gasteiger partial charge >= 0.3 is 5.97 Å². The predicted octanol–water partition coefficient (Wildman–Crippen LogP) is 6.00. The molecule has 9 heteroatoms. The number of anilines is 2. The lowest BCUT2D eigenvalue weighted by molar-refractivity contribution is 0.0527. The van der Waals surface area contributed by atoms with Crippen molar-refractivity contribution in [1.29, 1.82) is 0 Å². The number of esters is 1. The van der Waals surface area contributed by atoms with Crippen LogP contribution in [0, 0.1) is 19.7 Å². The molecule has 2 aromatic heterocycles. The fourth-order valence-electron chi connectivity index (χ4n) is 4.34. The van der Waals surface area contributed by atoms with Gasteiger partial charge in [-0.25, -0.2) is 9.18 Å². The molecule has 0 saturated carbocycles. The SMILES string of the molecule is CCOC(=O)c1c(NC(=S)Nc2c(C)nn(Cc3cccc(F)c3)c2C)sc2c1CCCCC2. The maximum Gasteiger partial charge on any atom is 0.341 e. The van der Waals surface area contributed by atoms with Gasteiger partial charge in [0.2, 0.25) is 0 Å². The number of thiocarbonyl (C=S) groups is 1. The number of fused-ring (bicyclic) bond motifs is 1. The Kier molecular flexibility index (Phi) is 7.63. The Labute approximate surface area is 208 Å². The van der Waals surface area contributed by atoms with Crippen molar-refractivity contribution in [2.75, 3.05) is 17.2 Å². The van der Waals surface area contributed by atoms with Gasteiger partial charge in [0.15, 0.2) is 5.11 Å². The number of hydrogen-bond acceptors (Lipinski definition) is 5. The molecule has 0 radical (unpaired) electrons. The summed E-state index contributed by atoms with van der Waals surface area (Å²) in [5.74, 6) is -0.572. The van der Waals surface area contributed by atoms with Crippen molar-refractivity contribution < 1.29 is 13.9 Å². The first-order valence-electron chi connectivity index (χ1n) is 11.6. The molecule has 0 unspecified atom stereocenters. The first kappa shape index (κ1) is 24.3. The first-order chi connectivity index (χ1) is 16.4. The van der Waals surface area contributed by atoms with Gasteiger partial charge in [0.1, 0.15) is 10.8 Å². The second-order valence-electron chi connectivity index (χ2n) is 8.40. The zero-order valence-electron chi connectivity index (χ0n) is 19.7. The van der Waals surface area contributed by atoms with E-state index >= 15 is 0 Å². The quantitative estimate of drug-likeness (QED) is 0.246. The third-order valence-corrected chi connectivity index (χ3v) is 7.38. The molecule has 4 rings (SSSR count). The van der Waals surface area contributed by atoms with Gasteiger partial charge in [-0.15, -0.1) is 11.3 Å². The summed E-state index contributed by atoms with van der Waals surface area (Å²) in [6.45, 7) is 6.44. The summed E-state index contributed by atoms with van der Waals surface area (Å²) in [5.41, 5.74) is 5.01. The molecular formula is C25H29FN4O2S2. The van der Waals surface area contributed by atoms with Crippen LogP contribution in [0.3, 0.4) is 0 Å². The number of aromatic nitrogens is 2. The Bertz CT molecular complexity index is 1220. The Morgan fingerprint density at radius 1 is 1.24 bits per heavy atom. The Balaban J connectivity index is 1.54. The number of halogens is 1. The fourth-order valence-corrected chi connectivity index (χ4v) is 5.89. The summed E-state index contributed by atoms with van der Waals surface area (Å²) < 4.78 is 20.8. The molecule has 0 fully saturated rings. The molecule has 3 aromatic rings. The number of carbonyl (C=O) groups is 1. The molecule has 0 amide bonds. The molecule has 180 valence electrons. The normalized spacial score (nSPS) is 13.2. The van der Waals surface area contributed by atoms with Crippen LogP contribution in [0.15, 0.2) is 24.3 Å². The molecule has 1 aliphatic rings. The average Bonchev–Trinajstić information content (AvgIpc) is 3.13. The number of benzene rings is 1. The van der Waals surface area contributed by atoms with Crippen LogP contribution >= 0.6 is 23.6 Å². The minimum Gasteiger partial charge on any atom is -0.462 e. The lowest BCUT2D eigenvalue weighted by Crippen LogP contribution is -2.21. The molecule has 0 aliphatic heterocycles. The number of rotatable bonds is 6. The summed E-state index contributed by atoms with van der Waals surface area (Å²) in [7, 11) is 0. The molecule has 0 spiro atoms. The highest BCUT2D eigenvalue weighted by Crippen LogP contribution is 2.38. The number of nitrogens with zero attached hydrogens (tertiary/aromatic N) is 2. The molecule has 1 aromatic carbocycles. The molecule has 2 heterocycles. The minimum absolute atomic E-state index is 0.269. The second-order valence-corrected chi connectivity index (χ2v) is 9.91. The van der Waals surface area contributed by atoms with Gasteiger partial charge in [-0.05, 0) is 81.9 Å². The highest BCUT2D eigenvalue weighted by Gasteiger charge is 2.26. The largest absolute Gasteiger partial charge is 0.462 e. The third-order valence-electron chi connectivity index (χ3n) is 5.97. The van der Waals surface area contributed by atoms with Crippen molar-refractivity contribution in [3.8, 4) is 0 Å². The van der Waals surface area contributed by atoms with Crippen LogP contribution in [-0.4, -0.2) is 27.5 Å². The molecule has 0 saturated heterocycles. The summed E-state index contributed by atoms with van der Waals surface area (Å²) in [4.78, 5) is 14.0. The van der Waals surface area contributed by atoms with Gasteiger partial charge in [0.25, 0.3) is 0 Å². The molecule has 0 bridgehead atoms. The van der Waals surface area contributed by atoms with E-state index in [0.717, 1.165) is 58.9 Å². The predicted molar refractivity (Wildman–Crippen MR) is 139 cm³/mol. The summed E-state index contributed by atoms with van der Waals surface area (Å²) in [6, 6.07) is 6.50. The van der Waals surface area contributed by atoms with E-state index < -0.39 is 0 Å². The van der Waals surface area contributed by atoms with Crippen molar-refractivity contribution in [2.24, 2.45) is 0 Å². The van der Waals surface area contributed by atoms with Gasteiger partial charge in [-0.3, -0.25) is 4.68 Å². The van der Waals surface area contributed by atoms with Crippen molar-refractivity contribution >= 4 is 45.3 Å². The molecule has 34 heavy (non-hydrogen) atoms. The monoisotopic (exact) mass is 500 g/mol. The highest BCUT2D eigenvalue weighted by atomic mass is 32.1. The summed E-state index contributed by atoms with van der Waals surface area (Å²) in [6.07, 6.45) is 5.22. The van der Waals surface area contributed by atoms with E-state index in [2.05, 4.69) is 15.7 Å². The van der Waals surface area contributed by atoms with Crippen molar-refractivity contribution in [3.05, 3.63) is 63.0 Å². The van der Waals surface area contributed by atoms with E-state index in [0.29, 0.717) is 23.8 Å². The Hall–Kier alpha value is -2.78. The van der Waals surface area contributed by atoms with Gasteiger partial charge < -0.3 is 15.4 Å². The van der Waals surface area contributed by atoms with Crippen molar-refractivity contribution in [2.45, 2.75) is 59.4 Å². The molecule has 1 aliphatic carbocycles. The number of hydrogen-bond donors (Lipinski definition) is 2. The second kappa shape index (κ2) is 10.7. The van der Waals surface area contributed by atoms with Crippen LogP contribution < -0.4 is 10.6 Å². The van der Waals surface area contributed by atoms with E-state index in [1.807, 2.05) is 31.5 Å². The number of carbonyl (C=O) groups excluding carboxylic acids is 1. The first-order valence-corrected chi connectivity index (χ1v) is 12.8. The van der Waals surface area contributed by atoms with Crippen molar-refractivity contribution in [1.82, 2.24) is 9.78 Å². The maximum absolute atomic E-state index is 13.6. The van der Waals surface area contributed by atoms with E-state index in [4.69, 9.17) is 17.0 Å². The number of aryl methyl sites for hydroxylation is 2. The van der Waals surface area contributed by atoms with Crippen molar-refractivity contribution in [3.63, 3.8) is 0 Å². The van der Waals surface area contributed by atoms with Crippen LogP contribution in [0.4, 0.5) is 15.1 Å². The van der Waals surface area contributed by atoms with E-state index in [9.17, 15) is 9.18 Å². The van der Waals surface area contributed by atoms with Crippen LogP contribution in [-0.2, 0) is 24.1 Å². The third kappa shape index (κ3) is 5.31. The van der Waals surface area contributed by atoms with E-state index in [1.165, 1.54) is 23.4 Å². The van der Waals surface area contributed by atoms with E-state index in [-0.39, 0.29) is 11.8 Å². The smallest absolute Gasteiger partial charge is 0.341 e. The zero-order valence-corrected chi connectivity index (χ0v) is 21.3. The number of ether oxygens (including phenoxy) is 1.